The summed E-state index contributed by atoms with van der Waals surface area (Å²) in [4.78, 5) is 0.217. The highest BCUT2D eigenvalue weighted by atomic mass is 32.2. The van der Waals surface area contributed by atoms with E-state index in [2.05, 4.69) is 4.72 Å². The van der Waals surface area contributed by atoms with E-state index < -0.39 is 10.0 Å². The highest BCUT2D eigenvalue weighted by Crippen LogP contribution is 2.23. The highest BCUT2D eigenvalue weighted by molar-refractivity contribution is 7.89. The molecule has 18 heavy (non-hydrogen) atoms. The van der Waals surface area contributed by atoms with Crippen LogP contribution in [0.1, 0.15) is 24.0 Å². The van der Waals surface area contributed by atoms with Gasteiger partial charge >= 0.3 is 0 Å². The molecule has 0 aliphatic carbocycles. The lowest BCUT2D eigenvalue weighted by Gasteiger charge is -2.12. The maximum atomic E-state index is 12.1. The van der Waals surface area contributed by atoms with E-state index in [1.165, 1.54) is 0 Å². The molecule has 0 aromatic heterocycles. The van der Waals surface area contributed by atoms with Crippen LogP contribution < -0.4 is 10.5 Å². The standard InChI is InChI=1S/C12H20N2O3S/c1-9-5-6-11(10(2)12(9)13)18(16,17)14-7-3-4-8-15/h5-6,14-15H,3-4,7-8,13H2,1-2H3. The van der Waals surface area contributed by atoms with Gasteiger partial charge in [0.2, 0.25) is 10.0 Å². The number of hydrogen-bond donors (Lipinski definition) is 3. The Bertz CT molecular complexity index is 512. The van der Waals surface area contributed by atoms with Crippen LogP contribution >= 0.6 is 0 Å². The maximum Gasteiger partial charge on any atom is 0.240 e. The minimum absolute atomic E-state index is 0.0677. The van der Waals surface area contributed by atoms with Crippen molar-refractivity contribution in [3.63, 3.8) is 0 Å². The van der Waals surface area contributed by atoms with E-state index in [9.17, 15) is 8.42 Å². The zero-order valence-electron chi connectivity index (χ0n) is 10.7. The van der Waals surface area contributed by atoms with E-state index in [1.54, 1.807) is 19.1 Å². The molecule has 0 aliphatic rings. The average Bonchev–Trinajstić information content (AvgIpc) is 2.31. The molecule has 0 radical (unpaired) electrons. The first kappa shape index (κ1) is 14.9. The Kier molecular flexibility index (Phi) is 5.13. The van der Waals surface area contributed by atoms with E-state index in [1.807, 2.05) is 6.92 Å². The predicted octanol–water partition coefficient (Wildman–Crippen LogP) is 0.936. The van der Waals surface area contributed by atoms with Crippen molar-refractivity contribution in [3.8, 4) is 0 Å². The Labute approximate surface area is 108 Å². The van der Waals surface area contributed by atoms with Crippen LogP contribution in [-0.4, -0.2) is 26.7 Å². The van der Waals surface area contributed by atoms with Gasteiger partial charge in [0, 0.05) is 18.8 Å². The van der Waals surface area contributed by atoms with Crippen LogP contribution in [0.3, 0.4) is 0 Å². The van der Waals surface area contributed by atoms with Gasteiger partial charge in [-0.1, -0.05) is 6.07 Å². The highest BCUT2D eigenvalue weighted by Gasteiger charge is 2.17. The molecule has 1 aromatic carbocycles. The molecule has 0 fully saturated rings. The van der Waals surface area contributed by atoms with Crippen LogP contribution in [0.5, 0.6) is 0 Å². The van der Waals surface area contributed by atoms with Crippen molar-refractivity contribution in [2.24, 2.45) is 0 Å². The van der Waals surface area contributed by atoms with Crippen molar-refractivity contribution in [1.82, 2.24) is 4.72 Å². The van der Waals surface area contributed by atoms with Gasteiger partial charge in [0.05, 0.1) is 4.90 Å². The van der Waals surface area contributed by atoms with Crippen molar-refractivity contribution < 1.29 is 13.5 Å². The number of nitrogen functional groups attached to an aromatic ring is 1. The quantitative estimate of drug-likeness (QED) is 0.531. The molecular formula is C12H20N2O3S. The first-order valence-electron chi connectivity index (χ1n) is 5.86. The molecule has 1 rings (SSSR count). The van der Waals surface area contributed by atoms with Crippen LogP contribution in [0.4, 0.5) is 5.69 Å². The normalized spacial score (nSPS) is 11.7. The summed E-state index contributed by atoms with van der Waals surface area (Å²) < 4.78 is 26.6. The molecular weight excluding hydrogens is 252 g/mol. The van der Waals surface area contributed by atoms with Crippen LogP contribution in [0.15, 0.2) is 17.0 Å². The number of aryl methyl sites for hydroxylation is 1. The zero-order chi connectivity index (χ0) is 13.8. The molecule has 102 valence electrons. The zero-order valence-corrected chi connectivity index (χ0v) is 11.5. The topological polar surface area (TPSA) is 92.4 Å². The largest absolute Gasteiger partial charge is 0.398 e. The van der Waals surface area contributed by atoms with Gasteiger partial charge in [-0.05, 0) is 43.9 Å². The summed E-state index contributed by atoms with van der Waals surface area (Å²) in [5, 5.41) is 8.63. The lowest BCUT2D eigenvalue weighted by atomic mass is 10.1. The van der Waals surface area contributed by atoms with Gasteiger partial charge in [0.25, 0.3) is 0 Å². The molecule has 1 aromatic rings. The van der Waals surface area contributed by atoms with Crippen molar-refractivity contribution in [1.29, 1.82) is 0 Å². The summed E-state index contributed by atoms with van der Waals surface area (Å²) in [5.41, 5.74) is 7.78. The number of nitrogens with two attached hydrogens (primary N) is 1. The Morgan fingerprint density at radius 2 is 1.94 bits per heavy atom. The van der Waals surface area contributed by atoms with Crippen LogP contribution in [0.25, 0.3) is 0 Å². The van der Waals surface area contributed by atoms with E-state index in [-0.39, 0.29) is 11.5 Å². The molecule has 0 amide bonds. The van der Waals surface area contributed by atoms with Gasteiger partial charge in [0.15, 0.2) is 0 Å². The fourth-order valence-electron chi connectivity index (χ4n) is 1.66. The minimum atomic E-state index is -3.52. The number of anilines is 1. The summed E-state index contributed by atoms with van der Waals surface area (Å²) in [6, 6.07) is 3.26. The number of sulfonamides is 1. The number of unbranched alkanes of at least 4 members (excludes halogenated alkanes) is 1. The monoisotopic (exact) mass is 272 g/mol. The molecule has 0 unspecified atom stereocenters. The van der Waals surface area contributed by atoms with Gasteiger partial charge < -0.3 is 10.8 Å². The van der Waals surface area contributed by atoms with Gasteiger partial charge in [-0.15, -0.1) is 0 Å². The Morgan fingerprint density at radius 3 is 2.56 bits per heavy atom. The van der Waals surface area contributed by atoms with Crippen LogP contribution in [-0.2, 0) is 10.0 Å². The molecule has 0 heterocycles. The van der Waals surface area contributed by atoms with Gasteiger partial charge in [-0.2, -0.15) is 0 Å². The van der Waals surface area contributed by atoms with Gasteiger partial charge in [-0.3, -0.25) is 0 Å². The second kappa shape index (κ2) is 6.17. The summed E-state index contributed by atoms with van der Waals surface area (Å²) in [6.07, 6.45) is 1.19. The SMILES string of the molecule is Cc1ccc(S(=O)(=O)NCCCCO)c(C)c1N. The lowest BCUT2D eigenvalue weighted by Crippen LogP contribution is -2.26. The van der Waals surface area contributed by atoms with Gasteiger partial charge in [0.1, 0.15) is 0 Å². The van der Waals surface area contributed by atoms with E-state index in [0.29, 0.717) is 30.6 Å². The van der Waals surface area contributed by atoms with Crippen LogP contribution in [0.2, 0.25) is 0 Å². The first-order chi connectivity index (χ1) is 8.40. The smallest absolute Gasteiger partial charge is 0.240 e. The van der Waals surface area contributed by atoms with Crippen LogP contribution in [0, 0.1) is 13.8 Å². The summed E-state index contributed by atoms with van der Waals surface area (Å²) in [6.45, 7) is 3.92. The summed E-state index contributed by atoms with van der Waals surface area (Å²) in [7, 11) is -3.52. The third-order valence-corrected chi connectivity index (χ3v) is 4.46. The second-order valence-corrected chi connectivity index (χ2v) is 5.98. The van der Waals surface area contributed by atoms with E-state index in [4.69, 9.17) is 10.8 Å². The Hall–Kier alpha value is -1.11. The van der Waals surface area contributed by atoms with Crippen molar-refractivity contribution in [2.45, 2.75) is 31.6 Å². The Morgan fingerprint density at radius 1 is 1.28 bits per heavy atom. The van der Waals surface area contributed by atoms with Crippen molar-refractivity contribution >= 4 is 15.7 Å². The molecule has 0 spiro atoms. The molecule has 6 heteroatoms. The fraction of sp³-hybridized carbons (Fsp3) is 0.500. The molecule has 0 saturated heterocycles. The molecule has 0 atom stereocenters. The fourth-order valence-corrected chi connectivity index (χ4v) is 2.98. The Balaban J connectivity index is 2.89. The van der Waals surface area contributed by atoms with Crippen molar-refractivity contribution in [2.75, 3.05) is 18.9 Å². The average molecular weight is 272 g/mol. The summed E-state index contributed by atoms with van der Waals surface area (Å²) >= 11 is 0. The lowest BCUT2D eigenvalue weighted by molar-refractivity contribution is 0.285. The number of hydrogen-bond acceptors (Lipinski definition) is 4. The first-order valence-corrected chi connectivity index (χ1v) is 7.34. The number of aliphatic hydroxyl groups excluding tert-OH is 1. The third-order valence-electron chi connectivity index (χ3n) is 2.85. The van der Waals surface area contributed by atoms with E-state index >= 15 is 0 Å². The minimum Gasteiger partial charge on any atom is -0.398 e. The molecule has 0 aliphatic heterocycles. The molecule has 0 bridgehead atoms. The molecule has 5 nitrogen and oxygen atoms in total. The van der Waals surface area contributed by atoms with Crippen molar-refractivity contribution in [3.05, 3.63) is 23.3 Å². The number of nitrogens with one attached hydrogen (secondary N) is 1. The molecule has 0 saturated carbocycles. The molecule has 4 N–H and O–H groups in total. The third kappa shape index (κ3) is 3.44. The number of aliphatic hydroxyl groups is 1. The van der Waals surface area contributed by atoms with E-state index in [0.717, 1.165) is 5.56 Å². The predicted molar refractivity (Wildman–Crippen MR) is 71.8 cm³/mol. The number of benzene rings is 1. The second-order valence-electron chi connectivity index (χ2n) is 4.25. The van der Waals surface area contributed by atoms with Gasteiger partial charge in [-0.25, -0.2) is 13.1 Å². The number of rotatable bonds is 6. The maximum absolute atomic E-state index is 12.1. The summed E-state index contributed by atoms with van der Waals surface area (Å²) in [5.74, 6) is 0.